The van der Waals surface area contributed by atoms with Gasteiger partial charge in [0.05, 0.1) is 27.8 Å². The zero-order valence-electron chi connectivity index (χ0n) is 24.0. The number of phenols is 1. The molecule has 0 saturated carbocycles. The molecule has 3 aromatic carbocycles. The number of benzene rings is 3. The van der Waals surface area contributed by atoms with Crippen molar-refractivity contribution in [3.8, 4) is 5.75 Å². The van der Waals surface area contributed by atoms with Gasteiger partial charge in [0.1, 0.15) is 11.3 Å². The largest absolute Gasteiger partial charge is 0.905 e. The molecule has 0 spiro atoms. The zero-order valence-corrected chi connectivity index (χ0v) is 27.6. The van der Waals surface area contributed by atoms with Gasteiger partial charge < -0.3 is 49.4 Å². The third-order valence-electron chi connectivity index (χ3n) is 4.99. The molecule has 0 saturated heterocycles. The predicted molar refractivity (Wildman–Crippen MR) is 163 cm³/mol. The van der Waals surface area contributed by atoms with Crippen molar-refractivity contribution in [3.63, 3.8) is 0 Å². The molecule has 50 heavy (non-hydrogen) atoms. The smallest absolute Gasteiger partial charge is 0.507 e. The fraction of sp³-hybridized carbons (Fsp3) is 0. The van der Waals surface area contributed by atoms with Crippen molar-refractivity contribution in [2.75, 3.05) is 0 Å². The van der Waals surface area contributed by atoms with Gasteiger partial charge in [-0.3, -0.25) is 0 Å². The van der Waals surface area contributed by atoms with E-state index in [9.17, 15) is 54.0 Å². The quantitative estimate of drug-likeness (QED) is 0.105. The molecule has 0 unspecified atom stereocenters. The van der Waals surface area contributed by atoms with Crippen LogP contribution in [0.3, 0.4) is 0 Å². The van der Waals surface area contributed by atoms with Crippen LogP contribution in [0.15, 0.2) is 66.7 Å². The number of aromatic hydroxyl groups is 1. The molecule has 0 atom stereocenters. The van der Waals surface area contributed by atoms with Crippen LogP contribution < -0.4 is 0 Å². The maximum absolute atomic E-state index is 10.5. The lowest BCUT2D eigenvalue weighted by atomic mass is 10.1. The molecule has 0 aliphatic heterocycles. The molecule has 3 rings (SSSR count). The van der Waals surface area contributed by atoms with Crippen molar-refractivity contribution < 1.29 is 103 Å². The Morgan fingerprint density at radius 3 is 0.800 bits per heavy atom. The predicted octanol–water partition coefficient (Wildman–Crippen LogP) is 0.589. The zero-order chi connectivity index (χ0) is 39.4. The molecule has 26 heteroatoms. The molecule has 270 valence electrons. The Morgan fingerprint density at radius 1 is 0.400 bits per heavy atom. The van der Waals surface area contributed by atoms with Crippen molar-refractivity contribution in [3.05, 3.63) is 100 Å². The summed E-state index contributed by atoms with van der Waals surface area (Å²) in [5.41, 5.74) is -1.77. The Labute approximate surface area is 280 Å². The van der Waals surface area contributed by atoms with Crippen LogP contribution in [0.2, 0.25) is 0 Å². The van der Waals surface area contributed by atoms with Gasteiger partial charge in [0.2, 0.25) is 25.5 Å². The first kappa shape index (κ1) is 44.5. The van der Waals surface area contributed by atoms with Crippen molar-refractivity contribution in [2.24, 2.45) is 0 Å². The minimum Gasteiger partial charge on any atom is -0.507 e. The molecule has 10 N–H and O–H groups in total. The van der Waals surface area contributed by atoms with Gasteiger partial charge in [-0.15, -0.1) is 0 Å². The molecule has 0 heterocycles. The average Bonchev–Trinajstić information content (AvgIpc) is 2.95. The van der Waals surface area contributed by atoms with Crippen LogP contribution in [-0.4, -0.2) is 121 Å². The number of carboxylic acid groups (broad SMARTS) is 6. The summed E-state index contributed by atoms with van der Waals surface area (Å²) < 4.78 is 85.3. The highest BCUT2D eigenvalue weighted by Crippen LogP contribution is 2.20. The monoisotopic (exact) mass is 784 g/mol. The lowest BCUT2D eigenvalue weighted by Crippen LogP contribution is -2.42. The maximum Gasteiger partial charge on any atom is 0.905 e. The molecule has 0 aromatic heterocycles. The average molecular weight is 785 g/mol. The summed E-state index contributed by atoms with van der Waals surface area (Å²) in [5.74, 6) is -8.31. The minimum atomic E-state index is -5.52. The number of hydrogen-bond acceptors (Lipinski definition) is 13. The first-order valence-corrected chi connectivity index (χ1v) is 20.7. The van der Waals surface area contributed by atoms with Crippen molar-refractivity contribution in [2.45, 2.75) is 0 Å². The van der Waals surface area contributed by atoms with Crippen LogP contribution >= 0.6 is 0 Å². The highest BCUT2D eigenvalue weighted by molar-refractivity contribution is 8.66. The van der Waals surface area contributed by atoms with Crippen molar-refractivity contribution in [1.29, 1.82) is 0 Å². The molecule has 0 aliphatic rings. The van der Waals surface area contributed by atoms with E-state index in [1.807, 2.05) is 0 Å². The van der Waals surface area contributed by atoms with Crippen LogP contribution in [0.1, 0.15) is 62.1 Å². The number of carboxylic acids is 6. The van der Waals surface area contributed by atoms with Gasteiger partial charge >= 0.3 is 46.6 Å². The van der Waals surface area contributed by atoms with Gasteiger partial charge in [-0.05, 0) is 36.4 Å². The van der Waals surface area contributed by atoms with Gasteiger partial charge in [-0.2, -0.15) is 0 Å². The summed E-state index contributed by atoms with van der Waals surface area (Å²) in [6, 6.07) is 14.5. The first-order valence-electron chi connectivity index (χ1n) is 11.9. The normalized spacial score (nSPS) is 10.6. The summed E-state index contributed by atoms with van der Waals surface area (Å²) in [7, 11) is -21.8. The Kier molecular flexibility index (Phi) is 16.3. The highest BCUT2D eigenvalue weighted by atomic mass is 32.7. The van der Waals surface area contributed by atoms with Gasteiger partial charge in [0.25, 0.3) is 0 Å². The molecule has 0 aliphatic carbocycles. The molecular weight excluding hydrogens is 763 g/mol. The number of aromatic carboxylic acids is 6. The SMILES string of the molecule is O=C(O)c1cccc(O)c1C(=O)O.O=C(O)c1ccccc1C(=O)O.O=C(O)c1ccccc1C(=O)O.O=[S](=O)(O)[Al]([S](=O)(=O)O)[S](=O)(=O)O. The van der Waals surface area contributed by atoms with Crippen LogP contribution in [-0.2, 0) is 25.5 Å². The maximum atomic E-state index is 10.5. The van der Waals surface area contributed by atoms with E-state index in [0.29, 0.717) is 0 Å². The summed E-state index contributed by atoms with van der Waals surface area (Å²) in [6.45, 7) is 0. The summed E-state index contributed by atoms with van der Waals surface area (Å²) in [6.07, 6.45) is 0. The Balaban J connectivity index is 0.000000641. The molecular formula is C24H21AlO22S3. The fourth-order valence-electron chi connectivity index (χ4n) is 3.12. The van der Waals surface area contributed by atoms with Gasteiger partial charge in [-0.1, -0.05) is 30.3 Å². The molecule has 22 nitrogen and oxygen atoms in total. The van der Waals surface area contributed by atoms with Crippen LogP contribution in [0.4, 0.5) is 0 Å². The van der Waals surface area contributed by atoms with Crippen LogP contribution in [0, 0.1) is 0 Å². The highest BCUT2D eigenvalue weighted by Gasteiger charge is 2.64. The number of carbonyl (C=O) groups is 6. The van der Waals surface area contributed by atoms with E-state index in [4.69, 9.17) is 49.4 Å². The van der Waals surface area contributed by atoms with Gasteiger partial charge in [-0.25, -0.2) is 54.0 Å². The standard InChI is InChI=1S/C8H6O5.2C8H6O4.Al.3HO3S/c9-5-3-1-2-4(7(10)11)6(5)8(12)13;2*9-7(10)5-3-1-2-4-6(5)8(11)12;;3*1-4(2)3/h1-3,9H,(H,10,11)(H,12,13);2*1-4H,(H,9,10)(H,11,12);;3*(H,1,2,3). The van der Waals surface area contributed by atoms with Gasteiger partial charge in [0.15, 0.2) is 0 Å². The third kappa shape index (κ3) is 14.0. The van der Waals surface area contributed by atoms with E-state index in [1.165, 1.54) is 54.6 Å². The van der Waals surface area contributed by atoms with E-state index >= 15 is 0 Å². The van der Waals surface area contributed by atoms with E-state index in [-0.39, 0.29) is 22.3 Å². The Hall–Kier alpha value is -5.46. The minimum absolute atomic E-state index is 0.190. The topological polar surface area (TPSA) is 407 Å². The fourth-order valence-corrected chi connectivity index (χ4v) is 15.1. The molecule has 0 fully saturated rings. The number of hydrogen-bond donors (Lipinski definition) is 10. The first-order chi connectivity index (χ1) is 22.7. The molecule has 3 aromatic rings. The molecule has 0 amide bonds. The second kappa shape index (κ2) is 18.3. The number of rotatable bonds is 9. The van der Waals surface area contributed by atoms with Crippen LogP contribution in [0.5, 0.6) is 5.75 Å². The van der Waals surface area contributed by atoms with Crippen molar-refractivity contribution >= 4 is 72.0 Å². The summed E-state index contributed by atoms with van der Waals surface area (Å²) >= 11 is 0. The van der Waals surface area contributed by atoms with Gasteiger partial charge in [0, 0.05) is 0 Å². The van der Waals surface area contributed by atoms with E-state index in [1.54, 1.807) is 0 Å². The third-order valence-corrected chi connectivity index (χ3v) is 24.0. The summed E-state index contributed by atoms with van der Waals surface area (Å²) in [4.78, 5) is 62.9. The second-order valence-corrected chi connectivity index (χ2v) is 24.4. The van der Waals surface area contributed by atoms with Crippen LogP contribution in [0.25, 0.3) is 0 Å². The van der Waals surface area contributed by atoms with E-state index in [2.05, 4.69) is 0 Å². The Bertz CT molecular complexity index is 1920. The molecule has 0 bridgehead atoms. The molecule has 0 radical (unpaired) electrons. The lowest BCUT2D eigenvalue weighted by molar-refractivity contribution is 0.0648. The Morgan fingerprint density at radius 2 is 0.640 bits per heavy atom. The lowest BCUT2D eigenvalue weighted by Gasteiger charge is -2.02. The second-order valence-electron chi connectivity index (χ2n) is 8.46. The van der Waals surface area contributed by atoms with Crippen molar-refractivity contribution in [1.82, 2.24) is 0 Å². The van der Waals surface area contributed by atoms with E-state index in [0.717, 1.165) is 12.1 Å². The van der Waals surface area contributed by atoms with E-state index < -0.39 is 88.9 Å². The summed E-state index contributed by atoms with van der Waals surface area (Å²) in [5, 5.41) is 60.4.